The van der Waals surface area contributed by atoms with E-state index in [1.807, 2.05) is 0 Å². The molecule has 0 bridgehead atoms. The zero-order chi connectivity index (χ0) is 13.5. The SMILES string of the molecule is CCCCCCNC(=O)N1CCC[C@H]2CCCC[C@@H]21. The molecule has 0 unspecified atom stereocenters. The molecule has 2 aliphatic rings. The first-order valence-electron chi connectivity index (χ1n) is 8.37. The third kappa shape index (κ3) is 4.12. The molecule has 110 valence electrons. The monoisotopic (exact) mass is 266 g/mol. The smallest absolute Gasteiger partial charge is 0.317 e. The Hall–Kier alpha value is -0.730. The molecule has 2 amide bonds. The molecular weight excluding hydrogens is 236 g/mol. The molecule has 0 radical (unpaired) electrons. The van der Waals surface area contributed by atoms with E-state index in [0.29, 0.717) is 6.04 Å². The lowest BCUT2D eigenvalue weighted by atomic mass is 9.78. The summed E-state index contributed by atoms with van der Waals surface area (Å²) in [7, 11) is 0. The molecule has 0 aromatic rings. The Kier molecular flexibility index (Phi) is 5.99. The van der Waals surface area contributed by atoms with Crippen LogP contribution < -0.4 is 5.32 Å². The second-order valence-corrected chi connectivity index (χ2v) is 6.24. The largest absolute Gasteiger partial charge is 0.338 e. The topological polar surface area (TPSA) is 32.3 Å². The van der Waals surface area contributed by atoms with E-state index in [-0.39, 0.29) is 6.03 Å². The molecule has 2 atom stereocenters. The van der Waals surface area contributed by atoms with Crippen LogP contribution in [-0.4, -0.2) is 30.1 Å². The van der Waals surface area contributed by atoms with Crippen molar-refractivity contribution < 1.29 is 4.79 Å². The highest BCUT2D eigenvalue weighted by Crippen LogP contribution is 2.35. The summed E-state index contributed by atoms with van der Waals surface area (Å²) in [6.45, 7) is 4.05. The molecule has 2 rings (SSSR count). The number of urea groups is 1. The number of likely N-dealkylation sites (tertiary alicyclic amines) is 1. The summed E-state index contributed by atoms with van der Waals surface area (Å²) in [5, 5.41) is 3.13. The third-order valence-electron chi connectivity index (χ3n) is 4.81. The Labute approximate surface area is 118 Å². The van der Waals surface area contributed by atoms with Crippen LogP contribution >= 0.6 is 0 Å². The van der Waals surface area contributed by atoms with E-state index in [9.17, 15) is 4.79 Å². The Balaban J connectivity index is 1.74. The van der Waals surface area contributed by atoms with Gasteiger partial charge in [0, 0.05) is 19.1 Å². The normalized spacial score (nSPS) is 26.9. The van der Waals surface area contributed by atoms with Gasteiger partial charge in [-0.25, -0.2) is 4.79 Å². The van der Waals surface area contributed by atoms with Gasteiger partial charge in [-0.05, 0) is 38.0 Å². The number of carbonyl (C=O) groups excluding carboxylic acids is 1. The zero-order valence-corrected chi connectivity index (χ0v) is 12.5. The number of unbranched alkanes of at least 4 members (excludes halogenated alkanes) is 3. The van der Waals surface area contributed by atoms with Crippen LogP contribution in [0.2, 0.25) is 0 Å². The molecule has 1 saturated carbocycles. The first kappa shape index (κ1) is 14.7. The van der Waals surface area contributed by atoms with Gasteiger partial charge >= 0.3 is 6.03 Å². The number of piperidine rings is 1. The minimum absolute atomic E-state index is 0.202. The number of nitrogens with zero attached hydrogens (tertiary/aromatic N) is 1. The first-order chi connectivity index (χ1) is 9.33. The van der Waals surface area contributed by atoms with Crippen molar-refractivity contribution in [2.24, 2.45) is 5.92 Å². The standard InChI is InChI=1S/C16H30N2O/c1-2-3-4-7-12-17-16(19)18-13-8-10-14-9-5-6-11-15(14)18/h14-15H,2-13H2,1H3,(H,17,19)/t14-,15+/m1/s1. The maximum Gasteiger partial charge on any atom is 0.317 e. The minimum atomic E-state index is 0.202. The van der Waals surface area contributed by atoms with Crippen molar-refractivity contribution in [3.05, 3.63) is 0 Å². The Morgan fingerprint density at radius 3 is 2.74 bits per heavy atom. The van der Waals surface area contributed by atoms with E-state index in [1.165, 1.54) is 57.8 Å². The van der Waals surface area contributed by atoms with Crippen LogP contribution in [0.15, 0.2) is 0 Å². The van der Waals surface area contributed by atoms with Crippen LogP contribution in [-0.2, 0) is 0 Å². The molecule has 0 aromatic heterocycles. The van der Waals surface area contributed by atoms with Crippen LogP contribution in [0, 0.1) is 5.92 Å². The minimum Gasteiger partial charge on any atom is -0.338 e. The predicted molar refractivity (Wildman–Crippen MR) is 79.2 cm³/mol. The Morgan fingerprint density at radius 1 is 1.11 bits per heavy atom. The summed E-state index contributed by atoms with van der Waals surface area (Å²) < 4.78 is 0. The molecule has 19 heavy (non-hydrogen) atoms. The van der Waals surface area contributed by atoms with E-state index in [1.54, 1.807) is 0 Å². The molecule has 0 spiro atoms. The third-order valence-corrected chi connectivity index (χ3v) is 4.81. The van der Waals surface area contributed by atoms with Crippen molar-refractivity contribution in [3.63, 3.8) is 0 Å². The van der Waals surface area contributed by atoms with Crippen LogP contribution in [0.4, 0.5) is 4.79 Å². The summed E-state index contributed by atoms with van der Waals surface area (Å²) >= 11 is 0. The van der Waals surface area contributed by atoms with Crippen molar-refractivity contribution >= 4 is 6.03 Å². The average molecular weight is 266 g/mol. The number of carbonyl (C=O) groups is 1. The summed E-state index contributed by atoms with van der Waals surface area (Å²) in [6.07, 6.45) is 12.7. The quantitative estimate of drug-likeness (QED) is 0.751. The van der Waals surface area contributed by atoms with Gasteiger partial charge in [0.2, 0.25) is 0 Å². The molecule has 3 nitrogen and oxygen atoms in total. The maximum atomic E-state index is 12.3. The molecule has 1 aliphatic heterocycles. The van der Waals surface area contributed by atoms with E-state index in [0.717, 1.165) is 25.4 Å². The molecule has 2 fully saturated rings. The van der Waals surface area contributed by atoms with E-state index < -0.39 is 0 Å². The number of nitrogens with one attached hydrogen (secondary N) is 1. The number of amides is 2. The summed E-state index contributed by atoms with van der Waals surface area (Å²) in [5.41, 5.74) is 0. The fraction of sp³-hybridized carbons (Fsp3) is 0.938. The molecule has 0 aromatic carbocycles. The van der Waals surface area contributed by atoms with Gasteiger partial charge in [0.15, 0.2) is 0 Å². The van der Waals surface area contributed by atoms with E-state index in [4.69, 9.17) is 0 Å². The van der Waals surface area contributed by atoms with Crippen molar-refractivity contribution in [2.75, 3.05) is 13.1 Å². The van der Waals surface area contributed by atoms with Gasteiger partial charge in [0.25, 0.3) is 0 Å². The van der Waals surface area contributed by atoms with Gasteiger partial charge in [-0.3, -0.25) is 0 Å². The van der Waals surface area contributed by atoms with Crippen molar-refractivity contribution in [2.45, 2.75) is 77.2 Å². The van der Waals surface area contributed by atoms with Gasteiger partial charge < -0.3 is 10.2 Å². The lowest BCUT2D eigenvalue weighted by molar-refractivity contribution is 0.0842. The maximum absolute atomic E-state index is 12.3. The highest BCUT2D eigenvalue weighted by atomic mass is 16.2. The zero-order valence-electron chi connectivity index (χ0n) is 12.5. The van der Waals surface area contributed by atoms with E-state index >= 15 is 0 Å². The second-order valence-electron chi connectivity index (χ2n) is 6.24. The predicted octanol–water partition coefficient (Wildman–Crippen LogP) is 3.93. The highest BCUT2D eigenvalue weighted by molar-refractivity contribution is 5.74. The number of fused-ring (bicyclic) bond motifs is 1. The van der Waals surface area contributed by atoms with Crippen molar-refractivity contribution in [1.29, 1.82) is 0 Å². The van der Waals surface area contributed by atoms with Gasteiger partial charge in [0.05, 0.1) is 0 Å². The molecule has 1 aliphatic carbocycles. The molecule has 1 saturated heterocycles. The molecule has 3 heteroatoms. The summed E-state index contributed by atoms with van der Waals surface area (Å²) in [6, 6.07) is 0.742. The Bertz CT molecular complexity index is 278. The lowest BCUT2D eigenvalue weighted by Gasteiger charge is -2.44. The first-order valence-corrected chi connectivity index (χ1v) is 8.37. The van der Waals surface area contributed by atoms with E-state index in [2.05, 4.69) is 17.1 Å². The number of rotatable bonds is 5. The molecule has 1 N–H and O–H groups in total. The summed E-state index contributed by atoms with van der Waals surface area (Å²) in [4.78, 5) is 14.4. The van der Waals surface area contributed by atoms with Crippen LogP contribution in [0.1, 0.15) is 71.1 Å². The van der Waals surface area contributed by atoms with Crippen molar-refractivity contribution in [1.82, 2.24) is 10.2 Å². The number of hydrogen-bond donors (Lipinski definition) is 1. The van der Waals surface area contributed by atoms with Gasteiger partial charge in [-0.15, -0.1) is 0 Å². The van der Waals surface area contributed by atoms with Gasteiger partial charge in [0.1, 0.15) is 0 Å². The average Bonchev–Trinajstić information content (AvgIpc) is 2.46. The summed E-state index contributed by atoms with van der Waals surface area (Å²) in [5.74, 6) is 0.786. The highest BCUT2D eigenvalue weighted by Gasteiger charge is 2.35. The second kappa shape index (κ2) is 7.76. The van der Waals surface area contributed by atoms with Gasteiger partial charge in [-0.2, -0.15) is 0 Å². The fourth-order valence-corrected chi connectivity index (χ4v) is 3.73. The molecule has 1 heterocycles. The Morgan fingerprint density at radius 2 is 1.89 bits per heavy atom. The van der Waals surface area contributed by atoms with Gasteiger partial charge in [-0.1, -0.05) is 39.0 Å². The van der Waals surface area contributed by atoms with Crippen molar-refractivity contribution in [3.8, 4) is 0 Å². The number of hydrogen-bond acceptors (Lipinski definition) is 1. The lowest BCUT2D eigenvalue weighted by Crippen LogP contribution is -2.53. The van der Waals surface area contributed by atoms with Crippen LogP contribution in [0.3, 0.4) is 0 Å². The van der Waals surface area contributed by atoms with Crippen LogP contribution in [0.5, 0.6) is 0 Å². The fourth-order valence-electron chi connectivity index (χ4n) is 3.73. The van der Waals surface area contributed by atoms with Crippen LogP contribution in [0.25, 0.3) is 0 Å². The molecular formula is C16H30N2O.